The van der Waals surface area contributed by atoms with Gasteiger partial charge in [-0.15, -0.1) is 0 Å². The maximum Gasteiger partial charge on any atom is 0.350 e. The molecule has 1 aliphatic rings. The predicted octanol–water partition coefficient (Wildman–Crippen LogP) is 0.898. The lowest BCUT2D eigenvalue weighted by Gasteiger charge is -2.04. The minimum atomic E-state index is -0.403. The number of ether oxygens (including phenoxy) is 2. The fourth-order valence-corrected chi connectivity index (χ4v) is 2.87. The van der Waals surface area contributed by atoms with Crippen molar-refractivity contribution in [3.8, 4) is 0 Å². The smallest absolute Gasteiger partial charge is 0.350 e. The number of carbonyl (C=O) groups excluding carboxylic acids is 3. The maximum absolute atomic E-state index is 11.7. The number of carbonyl (C=O) groups is 3. The number of hydrogen-bond donors (Lipinski definition) is 2. The monoisotopic (exact) mass is 341 g/mol. The van der Waals surface area contributed by atoms with Crippen LogP contribution in [0.1, 0.15) is 40.5 Å². The van der Waals surface area contributed by atoms with Gasteiger partial charge in [-0.2, -0.15) is 0 Å². The fourth-order valence-electron chi connectivity index (χ4n) is 1.90. The molecule has 1 amide bonds. The lowest BCUT2D eigenvalue weighted by Crippen LogP contribution is -2.31. The van der Waals surface area contributed by atoms with Crippen LogP contribution in [0, 0.1) is 0 Å². The van der Waals surface area contributed by atoms with Crippen molar-refractivity contribution in [2.75, 3.05) is 32.6 Å². The molecule has 9 heteroatoms. The third-order valence-corrected chi connectivity index (χ3v) is 4.28. The fraction of sp³-hybridized carbons (Fsp3) is 0.571. The molecule has 0 atom stereocenters. The quantitative estimate of drug-likeness (QED) is 0.677. The van der Waals surface area contributed by atoms with Gasteiger partial charge in [0.25, 0.3) is 0 Å². The molecular formula is C14H19N3O5S. The van der Waals surface area contributed by atoms with Gasteiger partial charge in [-0.05, 0) is 12.8 Å². The van der Waals surface area contributed by atoms with Crippen molar-refractivity contribution in [2.24, 2.45) is 0 Å². The number of anilines is 1. The van der Waals surface area contributed by atoms with Crippen molar-refractivity contribution in [2.45, 2.75) is 25.2 Å². The lowest BCUT2D eigenvalue weighted by molar-refractivity contribution is -0.140. The summed E-state index contributed by atoms with van der Waals surface area (Å²) >= 11 is 1.18. The Labute approximate surface area is 137 Å². The first-order chi connectivity index (χ1) is 11.0. The Morgan fingerprint density at radius 3 is 2.61 bits per heavy atom. The summed E-state index contributed by atoms with van der Waals surface area (Å²) in [6.07, 6.45) is 2.15. The number of aromatic nitrogens is 1. The van der Waals surface area contributed by atoms with E-state index in [0.29, 0.717) is 15.9 Å². The summed E-state index contributed by atoms with van der Waals surface area (Å²) in [5.41, 5.74) is 0.746. The van der Waals surface area contributed by atoms with Crippen LogP contribution in [0.15, 0.2) is 0 Å². The van der Waals surface area contributed by atoms with Crippen LogP contribution < -0.4 is 10.6 Å². The molecule has 23 heavy (non-hydrogen) atoms. The highest BCUT2D eigenvalue weighted by Crippen LogP contribution is 2.43. The normalized spacial score (nSPS) is 13.3. The first kappa shape index (κ1) is 17.2. The van der Waals surface area contributed by atoms with Crippen molar-refractivity contribution in [3.63, 3.8) is 0 Å². The average Bonchev–Trinajstić information content (AvgIpc) is 3.31. The van der Waals surface area contributed by atoms with Gasteiger partial charge in [0.2, 0.25) is 5.91 Å². The SMILES string of the molecule is COC(=O)CCNC(=O)CNc1nc(C2CC2)c(C(=O)OC)s1. The molecule has 1 aliphatic carbocycles. The molecular weight excluding hydrogens is 322 g/mol. The Morgan fingerprint density at radius 2 is 2.00 bits per heavy atom. The van der Waals surface area contributed by atoms with Crippen molar-refractivity contribution in [3.05, 3.63) is 10.6 Å². The summed E-state index contributed by atoms with van der Waals surface area (Å²) in [6.45, 7) is 0.227. The first-order valence-corrected chi connectivity index (χ1v) is 8.03. The Bertz CT molecular complexity index is 597. The number of amides is 1. The van der Waals surface area contributed by atoms with Crippen LogP contribution >= 0.6 is 11.3 Å². The van der Waals surface area contributed by atoms with E-state index in [1.54, 1.807) is 0 Å². The highest BCUT2D eigenvalue weighted by Gasteiger charge is 2.32. The average molecular weight is 341 g/mol. The Balaban J connectivity index is 1.84. The van der Waals surface area contributed by atoms with Gasteiger partial charge in [0.15, 0.2) is 5.13 Å². The van der Waals surface area contributed by atoms with Crippen LogP contribution in [0.2, 0.25) is 0 Å². The van der Waals surface area contributed by atoms with E-state index in [0.717, 1.165) is 18.5 Å². The van der Waals surface area contributed by atoms with Crippen LogP contribution in [0.25, 0.3) is 0 Å². The zero-order chi connectivity index (χ0) is 16.8. The van der Waals surface area contributed by atoms with E-state index < -0.39 is 5.97 Å². The molecule has 2 N–H and O–H groups in total. The van der Waals surface area contributed by atoms with Gasteiger partial charge in [-0.3, -0.25) is 9.59 Å². The molecule has 0 aliphatic heterocycles. The maximum atomic E-state index is 11.7. The number of esters is 2. The number of nitrogens with zero attached hydrogens (tertiary/aromatic N) is 1. The summed E-state index contributed by atoms with van der Waals surface area (Å²) in [5.74, 6) is -0.739. The van der Waals surface area contributed by atoms with Crippen LogP contribution in [-0.4, -0.2) is 50.1 Å². The standard InChI is InChI=1S/C14H19N3O5S/c1-21-10(19)5-6-15-9(18)7-16-14-17-11(8-3-4-8)12(23-14)13(20)22-2/h8H,3-7H2,1-2H3,(H,15,18)(H,16,17). The number of methoxy groups -OCH3 is 2. The van der Waals surface area contributed by atoms with E-state index >= 15 is 0 Å². The molecule has 1 fully saturated rings. The zero-order valence-corrected chi connectivity index (χ0v) is 13.8. The minimum absolute atomic E-state index is 0.0133. The second kappa shape index (κ2) is 7.91. The van der Waals surface area contributed by atoms with E-state index in [2.05, 4.69) is 20.4 Å². The molecule has 1 aromatic heterocycles. The van der Waals surface area contributed by atoms with Gasteiger partial charge in [0, 0.05) is 12.5 Å². The Kier molecular flexibility index (Phi) is 5.91. The summed E-state index contributed by atoms with van der Waals surface area (Å²) in [4.78, 5) is 39.2. The first-order valence-electron chi connectivity index (χ1n) is 7.21. The molecule has 0 unspecified atom stereocenters. The van der Waals surface area contributed by atoms with E-state index in [9.17, 15) is 14.4 Å². The molecule has 0 radical (unpaired) electrons. The Morgan fingerprint density at radius 1 is 1.26 bits per heavy atom. The molecule has 0 bridgehead atoms. The van der Waals surface area contributed by atoms with Gasteiger partial charge in [0.1, 0.15) is 4.88 Å². The van der Waals surface area contributed by atoms with Crippen LogP contribution in [0.3, 0.4) is 0 Å². The number of nitrogens with one attached hydrogen (secondary N) is 2. The summed E-state index contributed by atoms with van der Waals surface area (Å²) in [7, 11) is 2.63. The molecule has 0 saturated heterocycles. The number of hydrogen-bond acceptors (Lipinski definition) is 8. The highest BCUT2D eigenvalue weighted by molar-refractivity contribution is 7.17. The van der Waals surface area contributed by atoms with Gasteiger partial charge in [-0.25, -0.2) is 9.78 Å². The largest absolute Gasteiger partial charge is 0.469 e. The zero-order valence-electron chi connectivity index (χ0n) is 13.0. The van der Waals surface area contributed by atoms with Crippen LogP contribution in [0.4, 0.5) is 5.13 Å². The van der Waals surface area contributed by atoms with Crippen molar-refractivity contribution >= 4 is 34.3 Å². The van der Waals surface area contributed by atoms with E-state index in [4.69, 9.17) is 4.74 Å². The third-order valence-electron chi connectivity index (χ3n) is 3.27. The van der Waals surface area contributed by atoms with Crippen LogP contribution in [-0.2, 0) is 19.1 Å². The third kappa shape index (κ3) is 4.92. The summed E-state index contributed by atoms with van der Waals surface area (Å²) in [5, 5.41) is 5.99. The van der Waals surface area contributed by atoms with Gasteiger partial charge in [0.05, 0.1) is 32.9 Å². The summed E-state index contributed by atoms with van der Waals surface area (Å²) < 4.78 is 9.24. The molecule has 1 aromatic rings. The molecule has 126 valence electrons. The minimum Gasteiger partial charge on any atom is -0.469 e. The highest BCUT2D eigenvalue weighted by atomic mass is 32.1. The molecule has 2 rings (SSSR count). The molecule has 1 heterocycles. The van der Waals surface area contributed by atoms with Gasteiger partial charge < -0.3 is 20.1 Å². The van der Waals surface area contributed by atoms with Gasteiger partial charge >= 0.3 is 11.9 Å². The topological polar surface area (TPSA) is 107 Å². The number of rotatable bonds is 8. The van der Waals surface area contributed by atoms with E-state index in [-0.39, 0.29) is 31.4 Å². The van der Waals surface area contributed by atoms with E-state index in [1.807, 2.05) is 0 Å². The second-order valence-electron chi connectivity index (χ2n) is 5.03. The van der Waals surface area contributed by atoms with Crippen molar-refractivity contribution in [1.29, 1.82) is 0 Å². The summed E-state index contributed by atoms with van der Waals surface area (Å²) in [6, 6.07) is 0. The lowest BCUT2D eigenvalue weighted by atomic mass is 10.2. The van der Waals surface area contributed by atoms with Crippen molar-refractivity contribution < 1.29 is 23.9 Å². The molecule has 8 nitrogen and oxygen atoms in total. The molecule has 0 spiro atoms. The Hall–Kier alpha value is -2.16. The van der Waals surface area contributed by atoms with Crippen molar-refractivity contribution in [1.82, 2.24) is 10.3 Å². The van der Waals surface area contributed by atoms with Gasteiger partial charge in [-0.1, -0.05) is 11.3 Å². The number of thiazole rings is 1. The van der Waals surface area contributed by atoms with E-state index in [1.165, 1.54) is 25.6 Å². The predicted molar refractivity (Wildman–Crippen MR) is 83.6 cm³/mol. The van der Waals surface area contributed by atoms with Crippen LogP contribution in [0.5, 0.6) is 0 Å². The molecule has 0 aromatic carbocycles. The second-order valence-corrected chi connectivity index (χ2v) is 6.03. The molecule has 1 saturated carbocycles.